The molecule has 1 aromatic heterocycles. The molecule has 94 valence electrons. The predicted molar refractivity (Wildman–Crippen MR) is 67.6 cm³/mol. The van der Waals surface area contributed by atoms with Crippen molar-refractivity contribution in [1.82, 2.24) is 4.98 Å². The minimum absolute atomic E-state index is 0.00588. The molecular weight excluding hydrogens is 327 g/mol. The number of hydrogen-bond donors (Lipinski definition) is 0. The number of benzene rings is 1. The van der Waals surface area contributed by atoms with Crippen LogP contribution in [-0.4, -0.2) is 4.98 Å². The van der Waals surface area contributed by atoms with Gasteiger partial charge in [0.25, 0.3) is 0 Å². The molecule has 6 heteroatoms. The Labute approximate surface area is 116 Å². The van der Waals surface area contributed by atoms with Gasteiger partial charge in [-0.15, -0.1) is 0 Å². The Morgan fingerprint density at radius 3 is 2.61 bits per heavy atom. The van der Waals surface area contributed by atoms with Crippen molar-refractivity contribution in [3.8, 4) is 5.88 Å². The number of halogens is 4. The van der Waals surface area contributed by atoms with Crippen molar-refractivity contribution in [3.05, 3.63) is 57.2 Å². The zero-order chi connectivity index (χ0) is 13.1. The summed E-state index contributed by atoms with van der Waals surface area (Å²) < 4.78 is 31.7. The Kier molecular flexibility index (Phi) is 4.14. The fraction of sp³-hybridized carbons (Fsp3) is 0.0833. The first-order valence-electron chi connectivity index (χ1n) is 4.95. The van der Waals surface area contributed by atoms with Crippen LogP contribution in [0.4, 0.5) is 8.78 Å². The maximum atomic E-state index is 13.4. The lowest BCUT2D eigenvalue weighted by Gasteiger charge is -2.07. The molecule has 0 unspecified atom stereocenters. The van der Waals surface area contributed by atoms with Crippen LogP contribution in [0.2, 0.25) is 5.02 Å². The smallest absolute Gasteiger partial charge is 0.214 e. The number of rotatable bonds is 3. The highest BCUT2D eigenvalue weighted by atomic mass is 79.9. The molecule has 0 radical (unpaired) electrons. The quantitative estimate of drug-likeness (QED) is 0.778. The van der Waals surface area contributed by atoms with Gasteiger partial charge in [0, 0.05) is 16.7 Å². The number of ether oxygens (including phenoxy) is 1. The maximum Gasteiger partial charge on any atom is 0.214 e. The molecule has 0 aliphatic rings. The SMILES string of the molecule is Fc1cc(Cl)ccc1COc1ccc(F)c(Br)n1. The summed E-state index contributed by atoms with van der Waals surface area (Å²) in [5.41, 5.74) is 0.349. The van der Waals surface area contributed by atoms with Crippen LogP contribution in [0, 0.1) is 11.6 Å². The molecule has 0 aliphatic heterocycles. The third kappa shape index (κ3) is 3.17. The van der Waals surface area contributed by atoms with Gasteiger partial charge in [-0.05, 0) is 34.1 Å². The van der Waals surface area contributed by atoms with E-state index in [2.05, 4.69) is 20.9 Å². The third-order valence-electron chi connectivity index (χ3n) is 2.17. The Hall–Kier alpha value is -1.20. The van der Waals surface area contributed by atoms with Gasteiger partial charge >= 0.3 is 0 Å². The van der Waals surface area contributed by atoms with Crippen LogP contribution in [0.15, 0.2) is 34.9 Å². The van der Waals surface area contributed by atoms with E-state index >= 15 is 0 Å². The molecule has 2 nitrogen and oxygen atoms in total. The van der Waals surface area contributed by atoms with E-state index in [4.69, 9.17) is 16.3 Å². The lowest BCUT2D eigenvalue weighted by atomic mass is 10.2. The summed E-state index contributed by atoms with van der Waals surface area (Å²) in [5, 5.41) is 0.318. The van der Waals surface area contributed by atoms with E-state index < -0.39 is 11.6 Å². The minimum atomic E-state index is -0.486. The molecule has 0 atom stereocenters. The monoisotopic (exact) mass is 333 g/mol. The summed E-state index contributed by atoms with van der Waals surface area (Å²) in [7, 11) is 0. The van der Waals surface area contributed by atoms with Crippen molar-refractivity contribution >= 4 is 27.5 Å². The van der Waals surface area contributed by atoms with Crippen LogP contribution in [0.25, 0.3) is 0 Å². The lowest BCUT2D eigenvalue weighted by Crippen LogP contribution is -2.00. The van der Waals surface area contributed by atoms with Gasteiger partial charge in [0.1, 0.15) is 17.0 Å². The van der Waals surface area contributed by atoms with Crippen LogP contribution in [0.5, 0.6) is 5.88 Å². The summed E-state index contributed by atoms with van der Waals surface area (Å²) in [5.74, 6) is -0.735. The molecule has 0 saturated carbocycles. The third-order valence-corrected chi connectivity index (χ3v) is 2.96. The van der Waals surface area contributed by atoms with E-state index in [0.29, 0.717) is 10.6 Å². The first kappa shape index (κ1) is 13.2. The maximum absolute atomic E-state index is 13.4. The van der Waals surface area contributed by atoms with E-state index in [9.17, 15) is 8.78 Å². The van der Waals surface area contributed by atoms with Crippen molar-refractivity contribution in [2.45, 2.75) is 6.61 Å². The van der Waals surface area contributed by atoms with Gasteiger partial charge in [0.15, 0.2) is 5.82 Å². The molecular formula is C12H7BrClF2NO. The van der Waals surface area contributed by atoms with Crippen LogP contribution < -0.4 is 4.74 Å². The lowest BCUT2D eigenvalue weighted by molar-refractivity contribution is 0.286. The van der Waals surface area contributed by atoms with Crippen LogP contribution >= 0.6 is 27.5 Å². The molecule has 0 bridgehead atoms. The zero-order valence-corrected chi connectivity index (χ0v) is 11.3. The fourth-order valence-corrected chi connectivity index (χ4v) is 1.74. The standard InChI is InChI=1S/C12H7BrClF2NO/c13-12-9(15)3-4-11(17-12)18-6-7-1-2-8(14)5-10(7)16/h1-5H,6H2. The van der Waals surface area contributed by atoms with Gasteiger partial charge in [0.2, 0.25) is 5.88 Å². The number of aromatic nitrogens is 1. The Bertz CT molecular complexity index is 580. The van der Waals surface area contributed by atoms with Crippen molar-refractivity contribution in [2.24, 2.45) is 0 Å². The van der Waals surface area contributed by atoms with Gasteiger partial charge in [-0.1, -0.05) is 17.7 Å². The van der Waals surface area contributed by atoms with Crippen molar-refractivity contribution in [2.75, 3.05) is 0 Å². The van der Waals surface area contributed by atoms with E-state index in [-0.39, 0.29) is 17.1 Å². The van der Waals surface area contributed by atoms with Gasteiger partial charge in [-0.3, -0.25) is 0 Å². The first-order chi connectivity index (χ1) is 8.56. The Balaban J connectivity index is 2.09. The number of hydrogen-bond acceptors (Lipinski definition) is 2. The molecule has 2 rings (SSSR count). The van der Waals surface area contributed by atoms with Crippen LogP contribution in [-0.2, 0) is 6.61 Å². The molecule has 0 spiro atoms. The summed E-state index contributed by atoms with van der Waals surface area (Å²) in [6.07, 6.45) is 0. The van der Waals surface area contributed by atoms with Gasteiger partial charge in [0.05, 0.1) is 0 Å². The van der Waals surface area contributed by atoms with Crippen LogP contribution in [0.1, 0.15) is 5.56 Å². The topological polar surface area (TPSA) is 22.1 Å². The fourth-order valence-electron chi connectivity index (χ4n) is 1.27. The molecule has 0 fully saturated rings. The van der Waals surface area contributed by atoms with Crippen molar-refractivity contribution in [3.63, 3.8) is 0 Å². The molecule has 0 amide bonds. The second-order valence-corrected chi connectivity index (χ2v) is 4.63. The van der Waals surface area contributed by atoms with E-state index in [1.165, 1.54) is 24.3 Å². The largest absolute Gasteiger partial charge is 0.473 e. The minimum Gasteiger partial charge on any atom is -0.473 e. The average molecular weight is 335 g/mol. The van der Waals surface area contributed by atoms with Gasteiger partial charge in [-0.25, -0.2) is 13.8 Å². The highest BCUT2D eigenvalue weighted by Crippen LogP contribution is 2.19. The highest BCUT2D eigenvalue weighted by molar-refractivity contribution is 9.10. The summed E-state index contributed by atoms with van der Waals surface area (Å²) in [4.78, 5) is 3.81. The molecule has 0 aliphatic carbocycles. The summed E-state index contributed by atoms with van der Waals surface area (Å²) in [6.45, 7) is -0.00588. The van der Waals surface area contributed by atoms with E-state index in [0.717, 1.165) is 0 Å². The highest BCUT2D eigenvalue weighted by Gasteiger charge is 2.06. The molecule has 0 saturated heterocycles. The summed E-state index contributed by atoms with van der Waals surface area (Å²) in [6, 6.07) is 6.88. The first-order valence-corrected chi connectivity index (χ1v) is 6.12. The molecule has 0 N–H and O–H groups in total. The van der Waals surface area contributed by atoms with Gasteiger partial charge in [-0.2, -0.15) is 0 Å². The second-order valence-electron chi connectivity index (χ2n) is 3.45. The van der Waals surface area contributed by atoms with Crippen LogP contribution in [0.3, 0.4) is 0 Å². The number of nitrogens with zero attached hydrogens (tertiary/aromatic N) is 1. The summed E-state index contributed by atoms with van der Waals surface area (Å²) >= 11 is 8.57. The molecule has 1 aromatic carbocycles. The van der Waals surface area contributed by atoms with Gasteiger partial charge < -0.3 is 4.74 Å². The van der Waals surface area contributed by atoms with E-state index in [1.807, 2.05) is 0 Å². The molecule has 1 heterocycles. The molecule has 18 heavy (non-hydrogen) atoms. The normalized spacial score (nSPS) is 10.4. The Morgan fingerprint density at radius 1 is 1.17 bits per heavy atom. The average Bonchev–Trinajstić information content (AvgIpc) is 2.32. The Morgan fingerprint density at radius 2 is 1.94 bits per heavy atom. The second kappa shape index (κ2) is 5.63. The molecule has 2 aromatic rings. The van der Waals surface area contributed by atoms with Crippen molar-refractivity contribution < 1.29 is 13.5 Å². The number of pyridine rings is 1. The van der Waals surface area contributed by atoms with Crippen molar-refractivity contribution in [1.29, 1.82) is 0 Å². The zero-order valence-electron chi connectivity index (χ0n) is 8.96. The predicted octanol–water partition coefficient (Wildman–Crippen LogP) is 4.35. The van der Waals surface area contributed by atoms with E-state index in [1.54, 1.807) is 6.07 Å².